The maximum absolute atomic E-state index is 11.9. The van der Waals surface area contributed by atoms with E-state index in [1.54, 1.807) is 19.2 Å². The number of hydrogen-bond donors (Lipinski definition) is 2. The zero-order chi connectivity index (χ0) is 13.8. The number of nitrogens with one attached hydrogen (secondary N) is 2. The Labute approximate surface area is 108 Å². The second-order valence-corrected chi connectivity index (χ2v) is 3.96. The highest BCUT2D eigenvalue weighted by molar-refractivity contribution is 5.87. The first-order valence-electron chi connectivity index (χ1n) is 5.55. The first kappa shape index (κ1) is 12.8. The molecular formula is C11H13N5O3. The van der Waals surface area contributed by atoms with E-state index in [9.17, 15) is 9.59 Å². The Morgan fingerprint density at radius 1 is 1.53 bits per heavy atom. The summed E-state index contributed by atoms with van der Waals surface area (Å²) in [5, 5.41) is 8.37. The van der Waals surface area contributed by atoms with Crippen molar-refractivity contribution >= 4 is 11.8 Å². The van der Waals surface area contributed by atoms with Crippen molar-refractivity contribution in [3.63, 3.8) is 0 Å². The topological polar surface area (TPSA) is 104 Å². The number of nitrogens with zero attached hydrogens (tertiary/aromatic N) is 3. The van der Waals surface area contributed by atoms with Crippen molar-refractivity contribution < 1.29 is 9.21 Å². The first-order valence-corrected chi connectivity index (χ1v) is 5.55. The van der Waals surface area contributed by atoms with Crippen molar-refractivity contribution in [3.05, 3.63) is 40.3 Å². The van der Waals surface area contributed by atoms with Gasteiger partial charge in [0.15, 0.2) is 0 Å². The summed E-state index contributed by atoms with van der Waals surface area (Å²) in [7, 11) is 1.56. The van der Waals surface area contributed by atoms with Crippen LogP contribution in [0, 0.1) is 6.92 Å². The van der Waals surface area contributed by atoms with Gasteiger partial charge in [-0.05, 0) is 19.1 Å². The Bertz CT molecular complexity index is 633. The summed E-state index contributed by atoms with van der Waals surface area (Å²) in [5.74, 6) is -0.0515. The van der Waals surface area contributed by atoms with E-state index in [0.29, 0.717) is 5.82 Å². The van der Waals surface area contributed by atoms with Crippen LogP contribution < -0.4 is 11.1 Å². The van der Waals surface area contributed by atoms with Gasteiger partial charge in [0.1, 0.15) is 12.4 Å². The van der Waals surface area contributed by atoms with E-state index in [4.69, 9.17) is 4.42 Å². The van der Waals surface area contributed by atoms with Crippen LogP contribution in [0.3, 0.4) is 0 Å². The predicted octanol–water partition coefficient (Wildman–Crippen LogP) is 0.730. The molecule has 0 spiro atoms. The summed E-state index contributed by atoms with van der Waals surface area (Å²) < 4.78 is 4.71. The van der Waals surface area contributed by atoms with Crippen molar-refractivity contribution in [2.24, 2.45) is 0 Å². The van der Waals surface area contributed by atoms with E-state index in [1.807, 2.05) is 13.0 Å². The van der Waals surface area contributed by atoms with Crippen LogP contribution in [0.2, 0.25) is 0 Å². The van der Waals surface area contributed by atoms with Gasteiger partial charge in [-0.25, -0.2) is 19.7 Å². The average molecular weight is 263 g/mol. The number of aryl methyl sites for hydroxylation is 1. The molecule has 0 bridgehead atoms. The SMILES string of the molecule is Cc1cccc(NC(=O)N(C)Cc2n[nH]c(=O)o2)n1. The van der Waals surface area contributed by atoms with E-state index in [2.05, 4.69) is 20.5 Å². The molecule has 0 aliphatic heterocycles. The average Bonchev–Trinajstić information content (AvgIpc) is 2.74. The molecule has 0 atom stereocenters. The molecule has 2 rings (SSSR count). The van der Waals surface area contributed by atoms with Gasteiger partial charge in [-0.1, -0.05) is 6.07 Å². The standard InChI is InChI=1S/C11H13N5O3/c1-7-4-3-5-8(12-7)13-10(17)16(2)6-9-14-15-11(18)19-9/h3-5H,6H2,1-2H3,(H,15,18)(H,12,13,17). The van der Waals surface area contributed by atoms with Crippen molar-refractivity contribution in [1.82, 2.24) is 20.1 Å². The fraction of sp³-hybridized carbons (Fsp3) is 0.273. The summed E-state index contributed by atoms with van der Waals surface area (Å²) >= 11 is 0. The number of aromatic nitrogens is 3. The normalized spacial score (nSPS) is 10.2. The van der Waals surface area contributed by atoms with E-state index in [0.717, 1.165) is 5.69 Å². The van der Waals surface area contributed by atoms with E-state index in [-0.39, 0.29) is 18.5 Å². The Morgan fingerprint density at radius 2 is 2.32 bits per heavy atom. The van der Waals surface area contributed by atoms with Crippen LogP contribution in [0.5, 0.6) is 0 Å². The number of hydrogen-bond acceptors (Lipinski definition) is 5. The zero-order valence-corrected chi connectivity index (χ0v) is 10.5. The molecule has 0 unspecified atom stereocenters. The molecule has 0 aliphatic rings. The van der Waals surface area contributed by atoms with Crippen molar-refractivity contribution in [3.8, 4) is 0 Å². The fourth-order valence-corrected chi connectivity index (χ4v) is 1.42. The van der Waals surface area contributed by atoms with Crippen molar-refractivity contribution in [2.45, 2.75) is 13.5 Å². The number of anilines is 1. The number of pyridine rings is 1. The molecule has 0 saturated heterocycles. The molecule has 0 aromatic carbocycles. The molecule has 2 heterocycles. The number of amides is 2. The molecule has 8 nitrogen and oxygen atoms in total. The first-order chi connectivity index (χ1) is 9.04. The van der Waals surface area contributed by atoms with E-state index < -0.39 is 5.76 Å². The minimum absolute atomic E-state index is 0.0798. The van der Waals surface area contributed by atoms with Crippen LogP contribution in [0.1, 0.15) is 11.6 Å². The third-order valence-electron chi connectivity index (χ3n) is 2.32. The molecule has 2 aromatic rings. The van der Waals surface area contributed by atoms with Gasteiger partial charge in [0.2, 0.25) is 5.89 Å². The van der Waals surface area contributed by atoms with E-state index >= 15 is 0 Å². The number of carbonyl (C=O) groups is 1. The maximum atomic E-state index is 11.9. The second-order valence-electron chi connectivity index (χ2n) is 3.96. The third kappa shape index (κ3) is 3.41. The summed E-state index contributed by atoms with van der Waals surface area (Å²) in [4.78, 5) is 28.1. The molecular weight excluding hydrogens is 250 g/mol. The number of carbonyl (C=O) groups excluding carboxylic acids is 1. The van der Waals surface area contributed by atoms with Crippen LogP contribution in [0.25, 0.3) is 0 Å². The second kappa shape index (κ2) is 5.34. The lowest BCUT2D eigenvalue weighted by Crippen LogP contribution is -2.31. The molecule has 2 amide bonds. The Balaban J connectivity index is 1.97. The van der Waals surface area contributed by atoms with Crippen LogP contribution in [0.4, 0.5) is 10.6 Å². The van der Waals surface area contributed by atoms with Gasteiger partial charge >= 0.3 is 11.8 Å². The summed E-state index contributed by atoms with van der Waals surface area (Å²) in [6.07, 6.45) is 0. The van der Waals surface area contributed by atoms with Crippen molar-refractivity contribution in [2.75, 3.05) is 12.4 Å². The number of urea groups is 1. The highest BCUT2D eigenvalue weighted by atomic mass is 16.4. The van der Waals surface area contributed by atoms with Gasteiger partial charge in [0.05, 0.1) is 0 Å². The van der Waals surface area contributed by atoms with Gasteiger partial charge in [-0.2, -0.15) is 0 Å². The number of rotatable bonds is 3. The number of H-pyrrole nitrogens is 1. The van der Waals surface area contributed by atoms with Crippen LogP contribution in [0.15, 0.2) is 27.4 Å². The molecule has 0 saturated carbocycles. The van der Waals surface area contributed by atoms with Gasteiger partial charge in [-0.15, -0.1) is 5.10 Å². The summed E-state index contributed by atoms with van der Waals surface area (Å²) in [6, 6.07) is 4.94. The van der Waals surface area contributed by atoms with Crippen molar-refractivity contribution in [1.29, 1.82) is 0 Å². The highest BCUT2D eigenvalue weighted by Crippen LogP contribution is 2.05. The maximum Gasteiger partial charge on any atom is 0.434 e. The Kier molecular flexibility index (Phi) is 3.60. The molecule has 19 heavy (non-hydrogen) atoms. The molecule has 2 N–H and O–H groups in total. The zero-order valence-electron chi connectivity index (χ0n) is 10.5. The van der Waals surface area contributed by atoms with Gasteiger partial charge in [0, 0.05) is 12.7 Å². The number of aromatic amines is 1. The monoisotopic (exact) mass is 263 g/mol. The fourth-order valence-electron chi connectivity index (χ4n) is 1.42. The quantitative estimate of drug-likeness (QED) is 0.849. The summed E-state index contributed by atoms with van der Waals surface area (Å²) in [5.41, 5.74) is 0.804. The van der Waals surface area contributed by atoms with Crippen LogP contribution in [-0.2, 0) is 6.54 Å². The molecule has 0 aliphatic carbocycles. The molecule has 0 radical (unpaired) electrons. The Morgan fingerprint density at radius 3 is 2.95 bits per heavy atom. The minimum Gasteiger partial charge on any atom is -0.391 e. The lowest BCUT2D eigenvalue weighted by Gasteiger charge is -2.15. The van der Waals surface area contributed by atoms with Gasteiger partial charge in [-0.3, -0.25) is 5.32 Å². The van der Waals surface area contributed by atoms with Gasteiger partial charge in [0.25, 0.3) is 0 Å². The molecule has 0 fully saturated rings. The van der Waals surface area contributed by atoms with Crippen LogP contribution in [-0.4, -0.2) is 33.2 Å². The minimum atomic E-state index is -0.649. The summed E-state index contributed by atoms with van der Waals surface area (Å²) in [6.45, 7) is 1.91. The third-order valence-corrected chi connectivity index (χ3v) is 2.32. The largest absolute Gasteiger partial charge is 0.434 e. The van der Waals surface area contributed by atoms with E-state index in [1.165, 1.54) is 4.90 Å². The molecule has 2 aromatic heterocycles. The molecule has 100 valence electrons. The molecule has 8 heteroatoms. The highest BCUT2D eigenvalue weighted by Gasteiger charge is 2.13. The Hall–Kier alpha value is -2.64. The lowest BCUT2D eigenvalue weighted by molar-refractivity contribution is 0.215. The van der Waals surface area contributed by atoms with Gasteiger partial charge < -0.3 is 9.32 Å². The smallest absolute Gasteiger partial charge is 0.391 e. The predicted molar refractivity (Wildman–Crippen MR) is 66.6 cm³/mol. The van der Waals surface area contributed by atoms with Crippen LogP contribution >= 0.6 is 0 Å². The lowest BCUT2D eigenvalue weighted by atomic mass is 10.4.